The summed E-state index contributed by atoms with van der Waals surface area (Å²) >= 11 is 1.02. The van der Waals surface area contributed by atoms with Crippen molar-refractivity contribution < 1.29 is 23.5 Å². The van der Waals surface area contributed by atoms with E-state index in [-0.39, 0.29) is 29.4 Å². The highest BCUT2D eigenvalue weighted by molar-refractivity contribution is 7.99. The molecule has 0 N–H and O–H groups in total. The van der Waals surface area contributed by atoms with Crippen LogP contribution in [0.4, 0.5) is 0 Å². The fourth-order valence-corrected chi connectivity index (χ4v) is 1.60. The van der Waals surface area contributed by atoms with Crippen LogP contribution in [-0.2, 0) is 14.3 Å². The molecule has 0 amide bonds. The molecule has 0 spiro atoms. The number of carbonyl (C=O) groups is 2. The molecule has 0 unspecified atom stereocenters. The van der Waals surface area contributed by atoms with Gasteiger partial charge in [0.2, 0.25) is 0 Å². The van der Waals surface area contributed by atoms with Crippen molar-refractivity contribution in [3.05, 3.63) is 5.89 Å². The van der Waals surface area contributed by atoms with E-state index < -0.39 is 5.97 Å². The van der Waals surface area contributed by atoms with Gasteiger partial charge in [0.05, 0.1) is 13.2 Å². The zero-order valence-corrected chi connectivity index (χ0v) is 11.7. The summed E-state index contributed by atoms with van der Waals surface area (Å²) in [6.07, 6.45) is 1.80. The Bertz CT molecular complexity index is 421. The maximum atomic E-state index is 11.3. The zero-order valence-electron chi connectivity index (χ0n) is 10.9. The van der Waals surface area contributed by atoms with Crippen molar-refractivity contribution in [2.45, 2.75) is 31.9 Å². The van der Waals surface area contributed by atoms with Crippen LogP contribution in [0.5, 0.6) is 0 Å². The van der Waals surface area contributed by atoms with Crippen LogP contribution in [0, 0.1) is 0 Å². The summed E-state index contributed by atoms with van der Waals surface area (Å²) in [4.78, 5) is 22.6. The third-order valence-electron chi connectivity index (χ3n) is 1.93. The second-order valence-corrected chi connectivity index (χ2v) is 4.38. The maximum absolute atomic E-state index is 11.3. The minimum absolute atomic E-state index is 0.0637. The van der Waals surface area contributed by atoms with Crippen LogP contribution in [0.3, 0.4) is 0 Å². The molecule has 0 aliphatic heterocycles. The molecule has 0 radical (unpaired) electrons. The first kappa shape index (κ1) is 15.5. The molecule has 0 aliphatic rings. The van der Waals surface area contributed by atoms with Gasteiger partial charge in [0.15, 0.2) is 0 Å². The lowest BCUT2D eigenvalue weighted by molar-refractivity contribution is -0.140. The lowest BCUT2D eigenvalue weighted by atomic mass is 10.4. The molecule has 0 bridgehead atoms. The van der Waals surface area contributed by atoms with E-state index in [2.05, 4.69) is 10.2 Å². The van der Waals surface area contributed by atoms with E-state index in [0.29, 0.717) is 6.61 Å². The third kappa shape index (κ3) is 5.73. The third-order valence-corrected chi connectivity index (χ3v) is 2.72. The van der Waals surface area contributed by atoms with Crippen LogP contribution in [-0.4, -0.2) is 41.1 Å². The quantitative estimate of drug-likeness (QED) is 0.405. The van der Waals surface area contributed by atoms with Crippen molar-refractivity contribution in [2.24, 2.45) is 0 Å². The Kier molecular flexibility index (Phi) is 6.94. The first-order chi connectivity index (χ1) is 9.17. The Morgan fingerprint density at radius 1 is 1.26 bits per heavy atom. The highest BCUT2D eigenvalue weighted by Crippen LogP contribution is 2.16. The lowest BCUT2D eigenvalue weighted by Gasteiger charge is -2.01. The van der Waals surface area contributed by atoms with E-state index in [1.165, 1.54) is 0 Å². The molecule has 7 nitrogen and oxygen atoms in total. The Balaban J connectivity index is 2.33. The molecule has 0 aromatic carbocycles. The number of hydrogen-bond donors (Lipinski definition) is 0. The normalized spacial score (nSPS) is 10.2. The molecular weight excluding hydrogens is 272 g/mol. The zero-order chi connectivity index (χ0) is 14.1. The first-order valence-electron chi connectivity index (χ1n) is 5.96. The van der Waals surface area contributed by atoms with Gasteiger partial charge in [-0.3, -0.25) is 4.79 Å². The number of hydrogen-bond acceptors (Lipinski definition) is 8. The van der Waals surface area contributed by atoms with Gasteiger partial charge in [0.1, 0.15) is 5.75 Å². The monoisotopic (exact) mass is 288 g/mol. The van der Waals surface area contributed by atoms with E-state index in [0.717, 1.165) is 24.6 Å². The number of ether oxygens (including phenoxy) is 2. The molecule has 0 aliphatic carbocycles. The number of aromatic nitrogens is 2. The van der Waals surface area contributed by atoms with Crippen molar-refractivity contribution >= 4 is 23.7 Å². The molecule has 0 saturated heterocycles. The molecule has 0 fully saturated rings. The molecule has 0 saturated carbocycles. The summed E-state index contributed by atoms with van der Waals surface area (Å²) in [6, 6.07) is 0. The van der Waals surface area contributed by atoms with Crippen LogP contribution in [0.2, 0.25) is 0 Å². The molecule has 106 valence electrons. The Hall–Kier alpha value is -1.57. The largest absolute Gasteiger partial charge is 0.465 e. The number of rotatable bonds is 8. The fraction of sp³-hybridized carbons (Fsp3) is 0.636. The molecule has 1 rings (SSSR count). The number of nitrogens with zero attached hydrogens (tertiary/aromatic N) is 2. The number of esters is 2. The second kappa shape index (κ2) is 8.52. The molecule has 0 atom stereocenters. The Labute approximate surface area is 115 Å². The Morgan fingerprint density at radius 2 is 2.05 bits per heavy atom. The maximum Gasteiger partial charge on any atom is 0.396 e. The van der Waals surface area contributed by atoms with E-state index in [1.807, 2.05) is 6.92 Å². The van der Waals surface area contributed by atoms with Crippen LogP contribution in [0.25, 0.3) is 0 Å². The summed E-state index contributed by atoms with van der Waals surface area (Å²) in [7, 11) is 0. The standard InChI is InChI=1S/C11H16N2O5S/c1-3-5-6-17-8(14)7-19-11-13-12-9(18-11)10(15)16-4-2/h3-7H2,1-2H3. The summed E-state index contributed by atoms with van der Waals surface area (Å²) in [6.45, 7) is 4.33. The highest BCUT2D eigenvalue weighted by Gasteiger charge is 2.17. The SMILES string of the molecule is CCCCOC(=O)CSc1nnc(C(=O)OCC)o1. The molecule has 8 heteroatoms. The molecule has 1 aromatic heterocycles. The van der Waals surface area contributed by atoms with Gasteiger partial charge in [-0.05, 0) is 13.3 Å². The van der Waals surface area contributed by atoms with E-state index in [1.54, 1.807) is 6.92 Å². The van der Waals surface area contributed by atoms with E-state index in [4.69, 9.17) is 13.9 Å². The van der Waals surface area contributed by atoms with Gasteiger partial charge < -0.3 is 13.9 Å². The lowest BCUT2D eigenvalue weighted by Crippen LogP contribution is -2.08. The summed E-state index contributed by atoms with van der Waals surface area (Å²) in [5.74, 6) is -1.18. The average molecular weight is 288 g/mol. The van der Waals surface area contributed by atoms with Crippen LogP contribution >= 0.6 is 11.8 Å². The van der Waals surface area contributed by atoms with Gasteiger partial charge in [-0.25, -0.2) is 4.79 Å². The van der Waals surface area contributed by atoms with Crippen LogP contribution in [0.1, 0.15) is 37.4 Å². The van der Waals surface area contributed by atoms with E-state index in [9.17, 15) is 9.59 Å². The van der Waals surface area contributed by atoms with Crippen molar-refractivity contribution in [1.82, 2.24) is 10.2 Å². The predicted octanol–water partition coefficient (Wildman–Crippen LogP) is 1.68. The summed E-state index contributed by atoms with van der Waals surface area (Å²) in [5, 5.41) is 7.28. The Morgan fingerprint density at radius 3 is 2.74 bits per heavy atom. The van der Waals surface area contributed by atoms with Crippen molar-refractivity contribution in [2.75, 3.05) is 19.0 Å². The smallest absolute Gasteiger partial charge is 0.396 e. The van der Waals surface area contributed by atoms with Crippen LogP contribution < -0.4 is 0 Å². The summed E-state index contributed by atoms with van der Waals surface area (Å²) < 4.78 is 14.7. The van der Waals surface area contributed by atoms with Gasteiger partial charge in [0, 0.05) is 0 Å². The van der Waals surface area contributed by atoms with E-state index >= 15 is 0 Å². The van der Waals surface area contributed by atoms with Gasteiger partial charge in [0.25, 0.3) is 5.22 Å². The van der Waals surface area contributed by atoms with Gasteiger partial charge in [-0.1, -0.05) is 30.2 Å². The average Bonchev–Trinajstić information content (AvgIpc) is 2.86. The highest BCUT2D eigenvalue weighted by atomic mass is 32.2. The minimum atomic E-state index is -0.674. The second-order valence-electron chi connectivity index (χ2n) is 3.46. The fourth-order valence-electron chi connectivity index (χ4n) is 1.04. The summed E-state index contributed by atoms with van der Waals surface area (Å²) in [5.41, 5.74) is 0. The van der Waals surface area contributed by atoms with Gasteiger partial charge in [-0.15, -0.1) is 5.10 Å². The van der Waals surface area contributed by atoms with Crippen molar-refractivity contribution in [3.63, 3.8) is 0 Å². The topological polar surface area (TPSA) is 91.5 Å². The minimum Gasteiger partial charge on any atom is -0.465 e. The number of thioether (sulfide) groups is 1. The molecule has 1 aromatic rings. The first-order valence-corrected chi connectivity index (χ1v) is 6.95. The molecule has 19 heavy (non-hydrogen) atoms. The molecular formula is C11H16N2O5S. The number of carbonyl (C=O) groups excluding carboxylic acids is 2. The van der Waals surface area contributed by atoms with Gasteiger partial charge >= 0.3 is 17.8 Å². The number of unbranched alkanes of at least 4 members (excludes halogenated alkanes) is 1. The predicted molar refractivity (Wildman–Crippen MR) is 66.8 cm³/mol. The van der Waals surface area contributed by atoms with Crippen molar-refractivity contribution in [3.8, 4) is 0 Å². The molecule has 1 heterocycles. The van der Waals surface area contributed by atoms with Gasteiger partial charge in [-0.2, -0.15) is 0 Å². The van der Waals surface area contributed by atoms with Crippen LogP contribution in [0.15, 0.2) is 9.64 Å². The van der Waals surface area contributed by atoms with Crippen molar-refractivity contribution in [1.29, 1.82) is 0 Å².